The van der Waals surface area contributed by atoms with Gasteiger partial charge in [0.2, 0.25) is 0 Å². The van der Waals surface area contributed by atoms with Crippen LogP contribution in [-0.4, -0.2) is 22.5 Å². The summed E-state index contributed by atoms with van der Waals surface area (Å²) in [6.07, 6.45) is 3.23. The van der Waals surface area contributed by atoms with Gasteiger partial charge in [0.05, 0.1) is 6.54 Å². The minimum Gasteiger partial charge on any atom is -0.435 e. The topological polar surface area (TPSA) is 67.0 Å². The monoisotopic (exact) mass is 267 g/mol. The van der Waals surface area contributed by atoms with Crippen molar-refractivity contribution in [1.29, 1.82) is 0 Å². The highest BCUT2D eigenvalue weighted by molar-refractivity contribution is 5.94. The molecule has 0 bridgehead atoms. The number of imidazole rings is 1. The Morgan fingerprint density at radius 3 is 2.68 bits per heavy atom. The summed E-state index contributed by atoms with van der Waals surface area (Å²) < 4.78 is 28.1. The number of benzene rings is 1. The van der Waals surface area contributed by atoms with Crippen LogP contribution in [0.2, 0.25) is 0 Å². The molecule has 0 saturated heterocycles. The van der Waals surface area contributed by atoms with E-state index in [4.69, 9.17) is 0 Å². The summed E-state index contributed by atoms with van der Waals surface area (Å²) >= 11 is 0. The second-order valence-corrected chi connectivity index (χ2v) is 3.62. The highest BCUT2D eigenvalue weighted by Crippen LogP contribution is 2.14. The molecule has 1 aromatic heterocycles. The molecule has 1 aromatic carbocycles. The lowest BCUT2D eigenvalue weighted by molar-refractivity contribution is -0.0498. The summed E-state index contributed by atoms with van der Waals surface area (Å²) in [7, 11) is 0. The maximum Gasteiger partial charge on any atom is 0.387 e. The minimum atomic E-state index is -2.88. The fourth-order valence-corrected chi connectivity index (χ4v) is 1.45. The number of halogens is 2. The smallest absolute Gasteiger partial charge is 0.387 e. The number of nitrogens with zero attached hydrogens (tertiary/aromatic N) is 1. The van der Waals surface area contributed by atoms with Crippen molar-refractivity contribution in [2.24, 2.45) is 0 Å². The second kappa shape index (κ2) is 5.94. The number of alkyl halides is 2. The number of nitrogens with one attached hydrogen (secondary N) is 2. The van der Waals surface area contributed by atoms with Gasteiger partial charge in [-0.2, -0.15) is 8.78 Å². The van der Waals surface area contributed by atoms with Gasteiger partial charge in [0.1, 0.15) is 11.6 Å². The molecule has 0 unspecified atom stereocenters. The zero-order chi connectivity index (χ0) is 13.7. The van der Waals surface area contributed by atoms with E-state index in [-0.39, 0.29) is 18.2 Å². The summed E-state index contributed by atoms with van der Waals surface area (Å²) in [6.45, 7) is -2.61. The molecule has 0 aliphatic rings. The predicted octanol–water partition coefficient (Wildman–Crippen LogP) is 1.94. The molecule has 2 N–H and O–H groups in total. The van der Waals surface area contributed by atoms with Crippen LogP contribution < -0.4 is 10.1 Å². The van der Waals surface area contributed by atoms with Crippen LogP contribution in [0.4, 0.5) is 8.78 Å². The molecule has 0 radical (unpaired) electrons. The summed E-state index contributed by atoms with van der Waals surface area (Å²) in [6, 6.07) is 5.45. The number of hydrogen-bond acceptors (Lipinski definition) is 3. The van der Waals surface area contributed by atoms with Crippen molar-refractivity contribution in [3.05, 3.63) is 48.0 Å². The number of H-pyrrole nitrogens is 1. The van der Waals surface area contributed by atoms with Crippen molar-refractivity contribution < 1.29 is 18.3 Å². The van der Waals surface area contributed by atoms with Crippen LogP contribution in [0.1, 0.15) is 16.2 Å². The first-order valence-electron chi connectivity index (χ1n) is 5.46. The third-order valence-corrected chi connectivity index (χ3v) is 2.31. The Balaban J connectivity index is 1.92. The lowest BCUT2D eigenvalue weighted by Crippen LogP contribution is -2.23. The average molecular weight is 267 g/mol. The molecule has 0 spiro atoms. The van der Waals surface area contributed by atoms with Crippen LogP contribution in [0.15, 0.2) is 36.7 Å². The van der Waals surface area contributed by atoms with E-state index in [9.17, 15) is 13.6 Å². The average Bonchev–Trinajstić information content (AvgIpc) is 2.89. The van der Waals surface area contributed by atoms with Gasteiger partial charge in [-0.1, -0.05) is 0 Å². The number of amides is 1. The molecule has 1 heterocycles. The normalized spacial score (nSPS) is 10.5. The van der Waals surface area contributed by atoms with Crippen LogP contribution in [0.3, 0.4) is 0 Å². The molecular formula is C12H11F2N3O2. The first kappa shape index (κ1) is 13.0. The van der Waals surface area contributed by atoms with Gasteiger partial charge in [0, 0.05) is 18.0 Å². The van der Waals surface area contributed by atoms with Crippen LogP contribution >= 0.6 is 0 Å². The SMILES string of the molecule is O=C(NCc1ncc[nH]1)c1ccc(OC(F)F)cc1. The molecular weight excluding hydrogens is 256 g/mol. The van der Waals surface area contributed by atoms with Crippen LogP contribution in [0, 0.1) is 0 Å². The quantitative estimate of drug-likeness (QED) is 0.870. The van der Waals surface area contributed by atoms with Gasteiger partial charge in [0.15, 0.2) is 0 Å². The Hall–Kier alpha value is -2.44. The molecule has 0 fully saturated rings. The summed E-state index contributed by atoms with van der Waals surface area (Å²) in [5.41, 5.74) is 0.355. The Morgan fingerprint density at radius 1 is 1.37 bits per heavy atom. The Kier molecular flexibility index (Phi) is 4.07. The van der Waals surface area contributed by atoms with Crippen molar-refractivity contribution in [1.82, 2.24) is 15.3 Å². The fraction of sp³-hybridized carbons (Fsp3) is 0.167. The molecule has 1 amide bonds. The first-order valence-corrected chi connectivity index (χ1v) is 5.46. The van der Waals surface area contributed by atoms with E-state index >= 15 is 0 Å². The fourth-order valence-electron chi connectivity index (χ4n) is 1.45. The summed E-state index contributed by atoms with van der Waals surface area (Å²) in [5.74, 6) is 0.323. The lowest BCUT2D eigenvalue weighted by Gasteiger charge is -2.06. The molecule has 100 valence electrons. The van der Waals surface area contributed by atoms with Gasteiger partial charge < -0.3 is 15.0 Å². The van der Waals surface area contributed by atoms with Crippen molar-refractivity contribution in [3.8, 4) is 5.75 Å². The van der Waals surface area contributed by atoms with E-state index in [0.29, 0.717) is 11.4 Å². The molecule has 19 heavy (non-hydrogen) atoms. The van der Waals surface area contributed by atoms with Crippen LogP contribution in [0.5, 0.6) is 5.75 Å². The number of aromatic amines is 1. The molecule has 5 nitrogen and oxygen atoms in total. The number of aromatic nitrogens is 2. The summed E-state index contributed by atoms with van der Waals surface area (Å²) in [5, 5.41) is 2.64. The number of carbonyl (C=O) groups excluding carboxylic acids is 1. The third-order valence-electron chi connectivity index (χ3n) is 2.31. The third kappa shape index (κ3) is 3.77. The van der Waals surface area contributed by atoms with E-state index in [1.165, 1.54) is 24.3 Å². The van der Waals surface area contributed by atoms with Crippen molar-refractivity contribution >= 4 is 5.91 Å². The van der Waals surface area contributed by atoms with E-state index in [2.05, 4.69) is 20.0 Å². The highest BCUT2D eigenvalue weighted by Gasteiger charge is 2.08. The molecule has 0 aliphatic carbocycles. The lowest BCUT2D eigenvalue weighted by atomic mass is 10.2. The van der Waals surface area contributed by atoms with E-state index in [0.717, 1.165) is 0 Å². The van der Waals surface area contributed by atoms with Gasteiger partial charge in [-0.15, -0.1) is 0 Å². The second-order valence-electron chi connectivity index (χ2n) is 3.62. The largest absolute Gasteiger partial charge is 0.435 e. The zero-order valence-electron chi connectivity index (χ0n) is 9.77. The minimum absolute atomic E-state index is 0.0117. The van der Waals surface area contributed by atoms with E-state index in [1.54, 1.807) is 12.4 Å². The van der Waals surface area contributed by atoms with Gasteiger partial charge in [0.25, 0.3) is 5.91 Å². The van der Waals surface area contributed by atoms with Crippen molar-refractivity contribution in [3.63, 3.8) is 0 Å². The zero-order valence-corrected chi connectivity index (χ0v) is 9.77. The summed E-state index contributed by atoms with van der Waals surface area (Å²) in [4.78, 5) is 18.5. The molecule has 2 aromatic rings. The highest BCUT2D eigenvalue weighted by atomic mass is 19.3. The first-order chi connectivity index (χ1) is 9.15. The number of ether oxygens (including phenoxy) is 1. The van der Waals surface area contributed by atoms with E-state index in [1.807, 2.05) is 0 Å². The number of rotatable bonds is 5. The molecule has 7 heteroatoms. The standard InChI is InChI=1S/C12H11F2N3O2/c13-12(14)19-9-3-1-8(2-4-9)11(18)17-7-10-15-5-6-16-10/h1-6,12H,7H2,(H,15,16)(H,17,18). The number of hydrogen-bond donors (Lipinski definition) is 2. The van der Waals surface area contributed by atoms with Crippen molar-refractivity contribution in [2.75, 3.05) is 0 Å². The molecule has 0 aliphatic heterocycles. The van der Waals surface area contributed by atoms with E-state index < -0.39 is 6.61 Å². The van der Waals surface area contributed by atoms with Crippen LogP contribution in [-0.2, 0) is 6.54 Å². The van der Waals surface area contributed by atoms with Gasteiger partial charge >= 0.3 is 6.61 Å². The predicted molar refractivity (Wildman–Crippen MR) is 62.8 cm³/mol. The van der Waals surface area contributed by atoms with Gasteiger partial charge in [-0.25, -0.2) is 4.98 Å². The maximum atomic E-state index is 11.9. The molecule has 0 saturated carbocycles. The van der Waals surface area contributed by atoms with Crippen LogP contribution in [0.25, 0.3) is 0 Å². The molecule has 2 rings (SSSR count). The Morgan fingerprint density at radius 2 is 2.11 bits per heavy atom. The Bertz CT molecular complexity index is 526. The van der Waals surface area contributed by atoms with Crippen molar-refractivity contribution in [2.45, 2.75) is 13.2 Å². The van der Waals surface area contributed by atoms with Gasteiger partial charge in [-0.3, -0.25) is 4.79 Å². The Labute approximate surface area is 107 Å². The van der Waals surface area contributed by atoms with Gasteiger partial charge in [-0.05, 0) is 24.3 Å². The molecule has 0 atom stereocenters. The maximum absolute atomic E-state index is 11.9. The number of carbonyl (C=O) groups is 1.